The van der Waals surface area contributed by atoms with Crippen LogP contribution in [0.3, 0.4) is 0 Å². The van der Waals surface area contributed by atoms with E-state index < -0.39 is 0 Å². The van der Waals surface area contributed by atoms with Gasteiger partial charge in [0.15, 0.2) is 0 Å². The van der Waals surface area contributed by atoms with Gasteiger partial charge in [0.05, 0.1) is 6.61 Å². The standard InChI is InChI=1S/C24H32N2O/c1-17(2)19-7-5-6-8-20(19)22-15-26(12-11-25-22)14-18-9-10-21-23(13-18)27-16-24(21,3)4/h5-10,13,17,22,25H,11-12,14-16H2,1-4H3. The first-order valence-corrected chi connectivity index (χ1v) is 10.2. The van der Waals surface area contributed by atoms with E-state index in [4.69, 9.17) is 4.74 Å². The Balaban J connectivity index is 1.49. The molecule has 2 aliphatic rings. The number of hydrogen-bond donors (Lipinski definition) is 1. The fraction of sp³-hybridized carbons (Fsp3) is 0.500. The summed E-state index contributed by atoms with van der Waals surface area (Å²) in [5, 5.41) is 3.73. The Kier molecular flexibility index (Phi) is 5.00. The topological polar surface area (TPSA) is 24.5 Å². The maximum absolute atomic E-state index is 5.95. The molecule has 3 nitrogen and oxygen atoms in total. The van der Waals surface area contributed by atoms with E-state index in [0.717, 1.165) is 38.5 Å². The number of piperazine rings is 1. The maximum atomic E-state index is 5.95. The van der Waals surface area contributed by atoms with Gasteiger partial charge < -0.3 is 10.1 Å². The normalized spacial score (nSPS) is 21.9. The summed E-state index contributed by atoms with van der Waals surface area (Å²) in [5.41, 5.74) is 5.75. The minimum atomic E-state index is 0.133. The lowest BCUT2D eigenvalue weighted by atomic mass is 9.86. The number of benzene rings is 2. The van der Waals surface area contributed by atoms with E-state index in [0.29, 0.717) is 12.0 Å². The molecule has 0 amide bonds. The first-order chi connectivity index (χ1) is 12.9. The van der Waals surface area contributed by atoms with Crippen LogP contribution >= 0.6 is 0 Å². The zero-order valence-corrected chi connectivity index (χ0v) is 17.1. The molecule has 1 unspecified atom stereocenters. The van der Waals surface area contributed by atoms with Gasteiger partial charge in [-0.05, 0) is 28.7 Å². The Morgan fingerprint density at radius 3 is 2.81 bits per heavy atom. The summed E-state index contributed by atoms with van der Waals surface area (Å²) in [6, 6.07) is 16.1. The molecule has 1 N–H and O–H groups in total. The Hall–Kier alpha value is -1.84. The van der Waals surface area contributed by atoms with Gasteiger partial charge in [-0.3, -0.25) is 4.90 Å². The van der Waals surface area contributed by atoms with Gasteiger partial charge in [0.1, 0.15) is 5.75 Å². The second-order valence-corrected chi connectivity index (χ2v) is 9.03. The van der Waals surface area contributed by atoms with Crippen molar-refractivity contribution in [3.8, 4) is 5.75 Å². The van der Waals surface area contributed by atoms with Gasteiger partial charge in [-0.2, -0.15) is 0 Å². The number of fused-ring (bicyclic) bond motifs is 1. The average molecular weight is 365 g/mol. The molecule has 0 bridgehead atoms. The van der Waals surface area contributed by atoms with Crippen molar-refractivity contribution < 1.29 is 4.74 Å². The minimum Gasteiger partial charge on any atom is -0.492 e. The van der Waals surface area contributed by atoms with Crippen LogP contribution in [-0.2, 0) is 12.0 Å². The van der Waals surface area contributed by atoms with Gasteiger partial charge in [0, 0.05) is 43.2 Å². The molecule has 0 spiro atoms. The van der Waals surface area contributed by atoms with Gasteiger partial charge in [-0.1, -0.05) is 64.1 Å². The summed E-state index contributed by atoms with van der Waals surface area (Å²) in [6.07, 6.45) is 0. The third-order valence-corrected chi connectivity index (χ3v) is 6.02. The summed E-state index contributed by atoms with van der Waals surface area (Å²) in [7, 11) is 0. The first-order valence-electron chi connectivity index (χ1n) is 10.2. The molecule has 4 rings (SSSR count). The molecule has 27 heavy (non-hydrogen) atoms. The van der Waals surface area contributed by atoms with Crippen molar-refractivity contribution >= 4 is 0 Å². The SMILES string of the molecule is CC(C)c1ccccc1C1CN(Cc2ccc3c(c2)OCC3(C)C)CCN1. The average Bonchev–Trinajstić information content (AvgIpc) is 2.96. The van der Waals surface area contributed by atoms with Crippen LogP contribution in [0.15, 0.2) is 42.5 Å². The predicted octanol–water partition coefficient (Wildman–Crippen LogP) is 4.63. The second kappa shape index (κ2) is 7.29. The van der Waals surface area contributed by atoms with Crippen LogP contribution in [0, 0.1) is 0 Å². The quantitative estimate of drug-likeness (QED) is 0.856. The molecule has 0 saturated carbocycles. The van der Waals surface area contributed by atoms with Crippen LogP contribution in [0.2, 0.25) is 0 Å². The van der Waals surface area contributed by atoms with Crippen LogP contribution in [-0.4, -0.2) is 31.1 Å². The van der Waals surface area contributed by atoms with Gasteiger partial charge in [0.25, 0.3) is 0 Å². The number of nitrogens with zero attached hydrogens (tertiary/aromatic N) is 1. The van der Waals surface area contributed by atoms with E-state index >= 15 is 0 Å². The number of rotatable bonds is 4. The van der Waals surface area contributed by atoms with Crippen LogP contribution < -0.4 is 10.1 Å². The smallest absolute Gasteiger partial charge is 0.123 e. The molecule has 0 aromatic heterocycles. The fourth-order valence-electron chi connectivity index (χ4n) is 4.45. The molecule has 2 aromatic carbocycles. The highest BCUT2D eigenvalue weighted by Gasteiger charge is 2.32. The van der Waals surface area contributed by atoms with Crippen LogP contribution in [0.1, 0.15) is 61.9 Å². The molecular weight excluding hydrogens is 332 g/mol. The minimum absolute atomic E-state index is 0.133. The van der Waals surface area contributed by atoms with Crippen molar-refractivity contribution in [1.82, 2.24) is 10.2 Å². The molecule has 1 saturated heterocycles. The third kappa shape index (κ3) is 3.76. The fourth-order valence-corrected chi connectivity index (χ4v) is 4.45. The van der Waals surface area contributed by atoms with E-state index in [1.54, 1.807) is 0 Å². The number of hydrogen-bond acceptors (Lipinski definition) is 3. The largest absolute Gasteiger partial charge is 0.492 e. The summed E-state index contributed by atoms with van der Waals surface area (Å²) in [6.45, 7) is 14.0. The zero-order valence-electron chi connectivity index (χ0n) is 17.1. The van der Waals surface area contributed by atoms with Crippen molar-refractivity contribution in [2.45, 2.75) is 51.6 Å². The van der Waals surface area contributed by atoms with Gasteiger partial charge in [-0.15, -0.1) is 0 Å². The molecular formula is C24H32N2O. The monoisotopic (exact) mass is 364 g/mol. The number of ether oxygens (including phenoxy) is 1. The van der Waals surface area contributed by atoms with Crippen LogP contribution in [0.4, 0.5) is 0 Å². The molecule has 0 aliphatic carbocycles. The Labute approximate surface area is 163 Å². The molecule has 1 atom stereocenters. The lowest BCUT2D eigenvalue weighted by molar-refractivity contribution is 0.192. The van der Waals surface area contributed by atoms with Gasteiger partial charge >= 0.3 is 0 Å². The van der Waals surface area contributed by atoms with Gasteiger partial charge in [-0.25, -0.2) is 0 Å². The number of nitrogens with one attached hydrogen (secondary N) is 1. The predicted molar refractivity (Wildman–Crippen MR) is 112 cm³/mol. The molecule has 2 aliphatic heterocycles. The summed E-state index contributed by atoms with van der Waals surface area (Å²) < 4.78 is 5.95. The lowest BCUT2D eigenvalue weighted by Crippen LogP contribution is -2.45. The first kappa shape index (κ1) is 18.5. The highest BCUT2D eigenvalue weighted by Crippen LogP contribution is 2.39. The van der Waals surface area contributed by atoms with E-state index in [1.807, 2.05) is 0 Å². The van der Waals surface area contributed by atoms with E-state index in [-0.39, 0.29) is 5.41 Å². The van der Waals surface area contributed by atoms with Crippen molar-refractivity contribution in [3.63, 3.8) is 0 Å². The molecule has 1 fully saturated rings. The maximum Gasteiger partial charge on any atom is 0.123 e. The van der Waals surface area contributed by atoms with E-state index in [1.165, 1.54) is 22.3 Å². The zero-order chi connectivity index (χ0) is 19.0. The van der Waals surface area contributed by atoms with Crippen molar-refractivity contribution in [1.29, 1.82) is 0 Å². The summed E-state index contributed by atoms with van der Waals surface area (Å²) in [5.74, 6) is 1.63. The molecule has 2 heterocycles. The molecule has 3 heteroatoms. The lowest BCUT2D eigenvalue weighted by Gasteiger charge is -2.35. The highest BCUT2D eigenvalue weighted by atomic mass is 16.5. The van der Waals surface area contributed by atoms with Crippen molar-refractivity contribution in [2.75, 3.05) is 26.2 Å². The van der Waals surface area contributed by atoms with Crippen molar-refractivity contribution in [3.05, 3.63) is 64.7 Å². The Bertz CT molecular complexity index is 812. The van der Waals surface area contributed by atoms with E-state index in [9.17, 15) is 0 Å². The second-order valence-electron chi connectivity index (χ2n) is 9.03. The highest BCUT2D eigenvalue weighted by molar-refractivity contribution is 5.45. The summed E-state index contributed by atoms with van der Waals surface area (Å²) in [4.78, 5) is 2.57. The van der Waals surface area contributed by atoms with Crippen LogP contribution in [0.25, 0.3) is 0 Å². The van der Waals surface area contributed by atoms with E-state index in [2.05, 4.69) is 80.4 Å². The third-order valence-electron chi connectivity index (χ3n) is 6.02. The molecule has 2 aromatic rings. The van der Waals surface area contributed by atoms with Gasteiger partial charge in [0.2, 0.25) is 0 Å². The Morgan fingerprint density at radius 2 is 2.00 bits per heavy atom. The summed E-state index contributed by atoms with van der Waals surface area (Å²) >= 11 is 0. The Morgan fingerprint density at radius 1 is 1.19 bits per heavy atom. The molecule has 0 radical (unpaired) electrons. The molecule has 144 valence electrons. The van der Waals surface area contributed by atoms with Crippen molar-refractivity contribution in [2.24, 2.45) is 0 Å². The van der Waals surface area contributed by atoms with Crippen LogP contribution in [0.5, 0.6) is 5.75 Å².